The lowest BCUT2D eigenvalue weighted by molar-refractivity contribution is -0.112. The van der Waals surface area contributed by atoms with Gasteiger partial charge in [-0.15, -0.1) is 0 Å². The highest BCUT2D eigenvalue weighted by Crippen LogP contribution is 2.43. The fourth-order valence-electron chi connectivity index (χ4n) is 2.20. The van der Waals surface area contributed by atoms with Gasteiger partial charge in [-0.25, -0.2) is 0 Å². The molecule has 0 aromatic heterocycles. The highest BCUT2D eigenvalue weighted by Gasteiger charge is 2.33. The molecule has 0 aromatic carbocycles. The van der Waals surface area contributed by atoms with Crippen molar-refractivity contribution >= 4 is 5.78 Å². The average Bonchev–Trinajstić information content (AvgIpc) is 2.11. The molecule has 0 spiro atoms. The molecular weight excluding hydrogens is 188 g/mol. The molecule has 1 atom stereocenters. The Kier molecular flexibility index (Phi) is 3.38. The number of hydrogen-bond acceptors (Lipinski definition) is 2. The molecule has 84 valence electrons. The van der Waals surface area contributed by atoms with E-state index in [1.54, 1.807) is 13.0 Å². The molecule has 0 saturated heterocycles. The van der Waals surface area contributed by atoms with Crippen molar-refractivity contribution in [3.8, 4) is 0 Å². The van der Waals surface area contributed by atoms with E-state index in [4.69, 9.17) is 0 Å². The molecule has 0 radical (unpaired) electrons. The molecule has 0 saturated carbocycles. The first kappa shape index (κ1) is 12.0. The van der Waals surface area contributed by atoms with Crippen molar-refractivity contribution in [3.05, 3.63) is 23.5 Å². The Morgan fingerprint density at radius 2 is 2.13 bits per heavy atom. The van der Waals surface area contributed by atoms with E-state index in [0.717, 1.165) is 18.4 Å². The van der Waals surface area contributed by atoms with Gasteiger partial charge in [0.05, 0.1) is 5.76 Å². The van der Waals surface area contributed by atoms with E-state index < -0.39 is 0 Å². The number of allylic oxidation sites excluding steroid dienone is 4. The van der Waals surface area contributed by atoms with Gasteiger partial charge in [0, 0.05) is 12.3 Å². The maximum atomic E-state index is 10.9. The summed E-state index contributed by atoms with van der Waals surface area (Å²) in [4.78, 5) is 10.9. The topological polar surface area (TPSA) is 37.3 Å². The molecule has 0 fully saturated rings. The molecule has 15 heavy (non-hydrogen) atoms. The van der Waals surface area contributed by atoms with Crippen LogP contribution < -0.4 is 0 Å². The molecule has 1 unspecified atom stereocenters. The van der Waals surface area contributed by atoms with E-state index in [2.05, 4.69) is 13.8 Å². The van der Waals surface area contributed by atoms with Gasteiger partial charge in [-0.05, 0) is 37.3 Å². The number of hydrogen-bond donors (Lipinski definition) is 1. The molecule has 1 aliphatic carbocycles. The van der Waals surface area contributed by atoms with Crippen LogP contribution in [0.5, 0.6) is 0 Å². The third-order valence-corrected chi connectivity index (χ3v) is 3.29. The molecule has 0 amide bonds. The number of rotatable bonds is 2. The van der Waals surface area contributed by atoms with E-state index in [0.29, 0.717) is 5.76 Å². The zero-order valence-corrected chi connectivity index (χ0v) is 10.0. The molecule has 2 nitrogen and oxygen atoms in total. The van der Waals surface area contributed by atoms with E-state index in [1.807, 2.05) is 13.0 Å². The lowest BCUT2D eigenvalue weighted by Crippen LogP contribution is -2.28. The first-order valence-corrected chi connectivity index (χ1v) is 5.42. The van der Waals surface area contributed by atoms with E-state index in [9.17, 15) is 9.90 Å². The summed E-state index contributed by atoms with van der Waals surface area (Å²) in [6.45, 7) is 7.85. The number of aliphatic hydroxyl groups is 1. The third kappa shape index (κ3) is 2.71. The quantitative estimate of drug-likeness (QED) is 0.706. The molecule has 0 bridgehead atoms. The van der Waals surface area contributed by atoms with Gasteiger partial charge in [-0.2, -0.15) is 0 Å². The SMILES string of the molecule is CC(=O)/C=C/C1C(C)=C(O)CCC1(C)C. The van der Waals surface area contributed by atoms with Crippen LogP contribution in [0.1, 0.15) is 40.5 Å². The molecule has 1 N–H and O–H groups in total. The first-order chi connectivity index (χ1) is 6.84. The van der Waals surface area contributed by atoms with Crippen molar-refractivity contribution in [2.75, 3.05) is 0 Å². The van der Waals surface area contributed by atoms with Crippen LogP contribution in [0.3, 0.4) is 0 Å². The Labute approximate surface area is 91.7 Å². The molecule has 0 heterocycles. The van der Waals surface area contributed by atoms with Crippen LogP contribution in [-0.4, -0.2) is 10.9 Å². The van der Waals surface area contributed by atoms with Gasteiger partial charge < -0.3 is 5.11 Å². The summed E-state index contributed by atoms with van der Waals surface area (Å²) in [5.41, 5.74) is 1.13. The monoisotopic (exact) mass is 208 g/mol. The second-order valence-corrected chi connectivity index (χ2v) is 5.07. The van der Waals surface area contributed by atoms with Gasteiger partial charge in [-0.1, -0.05) is 19.9 Å². The Morgan fingerprint density at radius 3 is 2.67 bits per heavy atom. The summed E-state index contributed by atoms with van der Waals surface area (Å²) in [6.07, 6.45) is 5.24. The fourth-order valence-corrected chi connectivity index (χ4v) is 2.20. The van der Waals surface area contributed by atoms with Gasteiger partial charge in [0.2, 0.25) is 0 Å². The Bertz CT molecular complexity index is 321. The van der Waals surface area contributed by atoms with Crippen LogP contribution in [0.2, 0.25) is 0 Å². The Balaban J connectivity index is 2.99. The van der Waals surface area contributed by atoms with Crippen LogP contribution in [-0.2, 0) is 4.79 Å². The predicted octanol–water partition coefficient (Wildman–Crippen LogP) is 3.40. The molecule has 0 aromatic rings. The zero-order chi connectivity index (χ0) is 11.6. The highest BCUT2D eigenvalue weighted by molar-refractivity contribution is 5.87. The molecular formula is C13H20O2. The lowest BCUT2D eigenvalue weighted by atomic mass is 9.68. The second kappa shape index (κ2) is 4.21. The summed E-state index contributed by atoms with van der Waals surface area (Å²) < 4.78 is 0. The van der Waals surface area contributed by atoms with Crippen LogP contribution in [0.4, 0.5) is 0 Å². The highest BCUT2D eigenvalue weighted by atomic mass is 16.3. The molecule has 1 rings (SSSR count). The summed E-state index contributed by atoms with van der Waals surface area (Å²) in [7, 11) is 0. The van der Waals surface area contributed by atoms with Crippen molar-refractivity contribution in [3.63, 3.8) is 0 Å². The lowest BCUT2D eigenvalue weighted by Gasteiger charge is -2.37. The number of carbonyl (C=O) groups excluding carboxylic acids is 1. The standard InChI is InChI=1S/C13H20O2/c1-9(14)5-6-11-10(2)12(15)7-8-13(11,3)4/h5-6,11,15H,7-8H2,1-4H3/b6-5+. The minimum absolute atomic E-state index is 0.0589. The predicted molar refractivity (Wildman–Crippen MR) is 61.7 cm³/mol. The van der Waals surface area contributed by atoms with Crippen LogP contribution in [0.15, 0.2) is 23.5 Å². The van der Waals surface area contributed by atoms with Gasteiger partial charge >= 0.3 is 0 Å². The number of aliphatic hydroxyl groups excluding tert-OH is 1. The Hall–Kier alpha value is -1.05. The first-order valence-electron chi connectivity index (χ1n) is 5.42. The summed E-state index contributed by atoms with van der Waals surface area (Å²) in [6, 6.07) is 0. The normalized spacial score (nSPS) is 26.0. The largest absolute Gasteiger partial charge is 0.512 e. The van der Waals surface area contributed by atoms with Crippen molar-refractivity contribution in [1.82, 2.24) is 0 Å². The van der Waals surface area contributed by atoms with Gasteiger partial charge in [-0.3, -0.25) is 4.79 Å². The summed E-state index contributed by atoms with van der Waals surface area (Å²) in [5.74, 6) is 0.728. The van der Waals surface area contributed by atoms with Crippen molar-refractivity contribution < 1.29 is 9.90 Å². The van der Waals surface area contributed by atoms with Crippen LogP contribution >= 0.6 is 0 Å². The van der Waals surface area contributed by atoms with Crippen molar-refractivity contribution in [2.45, 2.75) is 40.5 Å². The number of carbonyl (C=O) groups is 1. The van der Waals surface area contributed by atoms with E-state index >= 15 is 0 Å². The van der Waals surface area contributed by atoms with Crippen LogP contribution in [0.25, 0.3) is 0 Å². The summed E-state index contributed by atoms with van der Waals surface area (Å²) in [5, 5.41) is 9.71. The van der Waals surface area contributed by atoms with Crippen molar-refractivity contribution in [2.24, 2.45) is 11.3 Å². The van der Waals surface area contributed by atoms with E-state index in [1.165, 1.54) is 0 Å². The molecule has 1 aliphatic rings. The second-order valence-electron chi connectivity index (χ2n) is 5.07. The van der Waals surface area contributed by atoms with Gasteiger partial charge in [0.1, 0.15) is 0 Å². The molecule has 2 heteroatoms. The maximum Gasteiger partial charge on any atom is 0.152 e. The smallest absolute Gasteiger partial charge is 0.152 e. The molecule has 0 aliphatic heterocycles. The average molecular weight is 208 g/mol. The van der Waals surface area contributed by atoms with E-state index in [-0.39, 0.29) is 17.1 Å². The zero-order valence-electron chi connectivity index (χ0n) is 10.0. The van der Waals surface area contributed by atoms with Crippen LogP contribution in [0, 0.1) is 11.3 Å². The minimum atomic E-state index is 0.0589. The minimum Gasteiger partial charge on any atom is -0.512 e. The third-order valence-electron chi connectivity index (χ3n) is 3.29. The fraction of sp³-hybridized carbons (Fsp3) is 0.615. The number of ketones is 1. The Morgan fingerprint density at radius 1 is 1.53 bits per heavy atom. The summed E-state index contributed by atoms with van der Waals surface area (Å²) >= 11 is 0. The maximum absolute atomic E-state index is 10.9. The van der Waals surface area contributed by atoms with Gasteiger partial charge in [0.15, 0.2) is 5.78 Å². The van der Waals surface area contributed by atoms with Crippen molar-refractivity contribution in [1.29, 1.82) is 0 Å². The van der Waals surface area contributed by atoms with Gasteiger partial charge in [0.25, 0.3) is 0 Å².